The van der Waals surface area contributed by atoms with Gasteiger partial charge in [0, 0.05) is 16.7 Å². The van der Waals surface area contributed by atoms with Crippen LogP contribution in [0.4, 0.5) is 5.69 Å². The quantitative estimate of drug-likeness (QED) is 0.883. The van der Waals surface area contributed by atoms with Gasteiger partial charge in [0.1, 0.15) is 5.75 Å². The Balaban J connectivity index is 2.08. The highest BCUT2D eigenvalue weighted by molar-refractivity contribution is 9.10. The van der Waals surface area contributed by atoms with Crippen molar-refractivity contribution >= 4 is 21.6 Å². The van der Waals surface area contributed by atoms with E-state index in [0.717, 1.165) is 28.0 Å². The third-order valence-corrected chi connectivity index (χ3v) is 3.62. The van der Waals surface area contributed by atoms with Gasteiger partial charge in [-0.2, -0.15) is 0 Å². The molecule has 3 heteroatoms. The number of ether oxygens (including phenoxy) is 1. The normalized spacial score (nSPS) is 10.3. The number of hydrogen-bond acceptors (Lipinski definition) is 2. The van der Waals surface area contributed by atoms with Crippen LogP contribution in [0.5, 0.6) is 5.75 Å². The molecule has 100 valence electrons. The Morgan fingerprint density at radius 2 is 1.84 bits per heavy atom. The van der Waals surface area contributed by atoms with Crippen molar-refractivity contribution in [1.82, 2.24) is 0 Å². The molecule has 0 bridgehead atoms. The van der Waals surface area contributed by atoms with Gasteiger partial charge in [0.15, 0.2) is 0 Å². The molecule has 0 heterocycles. The van der Waals surface area contributed by atoms with Crippen molar-refractivity contribution in [3.63, 3.8) is 0 Å². The van der Waals surface area contributed by atoms with Crippen molar-refractivity contribution in [3.8, 4) is 5.75 Å². The number of benzene rings is 2. The maximum Gasteiger partial charge on any atom is 0.121 e. The van der Waals surface area contributed by atoms with E-state index in [9.17, 15) is 0 Å². The first-order valence-corrected chi connectivity index (χ1v) is 7.03. The molecule has 0 atom stereocenters. The van der Waals surface area contributed by atoms with Crippen LogP contribution in [0.15, 0.2) is 40.9 Å². The van der Waals surface area contributed by atoms with Crippen LogP contribution >= 0.6 is 15.9 Å². The largest absolute Gasteiger partial charge is 0.496 e. The van der Waals surface area contributed by atoms with E-state index in [2.05, 4.69) is 65.4 Å². The number of hydrogen-bond donors (Lipinski definition) is 1. The smallest absolute Gasteiger partial charge is 0.121 e. The Labute approximate surface area is 122 Å². The molecule has 0 radical (unpaired) electrons. The van der Waals surface area contributed by atoms with Gasteiger partial charge in [-0.15, -0.1) is 0 Å². The molecule has 2 aromatic carbocycles. The summed E-state index contributed by atoms with van der Waals surface area (Å²) < 4.78 is 6.38. The standard InChI is InChI=1S/C16H18BrNO/c1-11-9-14(17)5-6-15(11)18-10-13-4-7-16(19-3)12(2)8-13/h4-9,18H,10H2,1-3H3. The van der Waals surface area contributed by atoms with E-state index in [0.29, 0.717) is 0 Å². The van der Waals surface area contributed by atoms with Gasteiger partial charge in [-0.3, -0.25) is 0 Å². The number of nitrogens with one attached hydrogen (secondary N) is 1. The Bertz CT molecular complexity index is 581. The molecular formula is C16H18BrNO. The molecule has 2 rings (SSSR count). The second kappa shape index (κ2) is 6.11. The van der Waals surface area contributed by atoms with E-state index in [4.69, 9.17) is 4.74 Å². The molecule has 0 fully saturated rings. The van der Waals surface area contributed by atoms with Crippen molar-refractivity contribution in [2.45, 2.75) is 20.4 Å². The van der Waals surface area contributed by atoms with Crippen LogP contribution in [0.25, 0.3) is 0 Å². The molecule has 1 N–H and O–H groups in total. The number of rotatable bonds is 4. The molecule has 2 nitrogen and oxygen atoms in total. The number of aryl methyl sites for hydroxylation is 2. The van der Waals surface area contributed by atoms with Crippen LogP contribution in [0.3, 0.4) is 0 Å². The molecule has 0 aliphatic heterocycles. The van der Waals surface area contributed by atoms with Gasteiger partial charge in [0.05, 0.1) is 7.11 Å². The molecule has 2 aromatic rings. The monoisotopic (exact) mass is 319 g/mol. The minimum atomic E-state index is 0.813. The molecule has 0 aromatic heterocycles. The first-order chi connectivity index (χ1) is 9.10. The second-order valence-electron chi connectivity index (χ2n) is 4.62. The van der Waals surface area contributed by atoms with Crippen LogP contribution < -0.4 is 10.1 Å². The molecule has 0 saturated heterocycles. The minimum absolute atomic E-state index is 0.813. The number of anilines is 1. The van der Waals surface area contributed by atoms with Crippen LogP contribution in [-0.4, -0.2) is 7.11 Å². The summed E-state index contributed by atoms with van der Waals surface area (Å²) in [7, 11) is 1.70. The molecule has 0 unspecified atom stereocenters. The summed E-state index contributed by atoms with van der Waals surface area (Å²) in [6.45, 7) is 4.98. The van der Waals surface area contributed by atoms with Crippen molar-refractivity contribution in [2.24, 2.45) is 0 Å². The van der Waals surface area contributed by atoms with E-state index >= 15 is 0 Å². The predicted molar refractivity (Wildman–Crippen MR) is 83.9 cm³/mol. The summed E-state index contributed by atoms with van der Waals surface area (Å²) in [5.41, 5.74) is 4.81. The first-order valence-electron chi connectivity index (χ1n) is 6.23. The summed E-state index contributed by atoms with van der Waals surface area (Å²) in [5, 5.41) is 3.46. The van der Waals surface area contributed by atoms with Gasteiger partial charge in [-0.25, -0.2) is 0 Å². The lowest BCUT2D eigenvalue weighted by Gasteiger charge is -2.11. The maximum atomic E-state index is 5.27. The zero-order chi connectivity index (χ0) is 13.8. The molecule has 0 amide bonds. The Morgan fingerprint density at radius 1 is 1.05 bits per heavy atom. The lowest BCUT2D eigenvalue weighted by molar-refractivity contribution is 0.411. The van der Waals surface area contributed by atoms with Crippen LogP contribution in [-0.2, 0) is 6.54 Å². The second-order valence-corrected chi connectivity index (χ2v) is 5.53. The van der Waals surface area contributed by atoms with Crippen molar-refractivity contribution in [1.29, 1.82) is 0 Å². The van der Waals surface area contributed by atoms with Gasteiger partial charge in [0.2, 0.25) is 0 Å². The van der Waals surface area contributed by atoms with Gasteiger partial charge < -0.3 is 10.1 Å². The molecule has 0 aliphatic carbocycles. The summed E-state index contributed by atoms with van der Waals surface area (Å²) in [6, 6.07) is 12.5. The zero-order valence-corrected chi connectivity index (χ0v) is 13.0. The summed E-state index contributed by atoms with van der Waals surface area (Å²) in [4.78, 5) is 0. The Morgan fingerprint density at radius 3 is 2.47 bits per heavy atom. The lowest BCUT2D eigenvalue weighted by Crippen LogP contribution is -2.01. The lowest BCUT2D eigenvalue weighted by atomic mass is 10.1. The Hall–Kier alpha value is -1.48. The van der Waals surface area contributed by atoms with E-state index in [1.807, 2.05) is 6.07 Å². The molecule has 19 heavy (non-hydrogen) atoms. The van der Waals surface area contributed by atoms with Crippen molar-refractivity contribution in [2.75, 3.05) is 12.4 Å². The van der Waals surface area contributed by atoms with Crippen molar-refractivity contribution in [3.05, 3.63) is 57.6 Å². The highest BCUT2D eigenvalue weighted by Crippen LogP contribution is 2.22. The van der Waals surface area contributed by atoms with Crippen LogP contribution in [0.2, 0.25) is 0 Å². The molecule has 0 saturated carbocycles. The van der Waals surface area contributed by atoms with E-state index in [1.54, 1.807) is 7.11 Å². The van der Waals surface area contributed by atoms with E-state index in [-0.39, 0.29) is 0 Å². The average Bonchev–Trinajstić information content (AvgIpc) is 2.38. The number of methoxy groups -OCH3 is 1. The zero-order valence-electron chi connectivity index (χ0n) is 11.5. The van der Waals surface area contributed by atoms with Crippen LogP contribution in [0, 0.1) is 13.8 Å². The molecule has 0 aliphatic rings. The SMILES string of the molecule is COc1ccc(CNc2ccc(Br)cc2C)cc1C. The Kier molecular flexibility index (Phi) is 4.48. The predicted octanol–water partition coefficient (Wildman–Crippen LogP) is 4.69. The third-order valence-electron chi connectivity index (χ3n) is 3.13. The molecule has 0 spiro atoms. The van der Waals surface area contributed by atoms with E-state index in [1.165, 1.54) is 11.1 Å². The third kappa shape index (κ3) is 3.51. The highest BCUT2D eigenvalue weighted by Gasteiger charge is 2.02. The highest BCUT2D eigenvalue weighted by atomic mass is 79.9. The van der Waals surface area contributed by atoms with E-state index < -0.39 is 0 Å². The minimum Gasteiger partial charge on any atom is -0.496 e. The molecular weight excluding hydrogens is 302 g/mol. The van der Waals surface area contributed by atoms with Crippen LogP contribution in [0.1, 0.15) is 16.7 Å². The maximum absolute atomic E-state index is 5.27. The number of halogens is 1. The van der Waals surface area contributed by atoms with Crippen molar-refractivity contribution < 1.29 is 4.74 Å². The summed E-state index contributed by atoms with van der Waals surface area (Å²) in [5.74, 6) is 0.934. The first kappa shape index (κ1) is 13.9. The fraction of sp³-hybridized carbons (Fsp3) is 0.250. The van der Waals surface area contributed by atoms with Gasteiger partial charge in [-0.05, 0) is 54.8 Å². The summed E-state index contributed by atoms with van der Waals surface area (Å²) >= 11 is 3.48. The fourth-order valence-electron chi connectivity index (χ4n) is 2.07. The average molecular weight is 320 g/mol. The fourth-order valence-corrected chi connectivity index (χ4v) is 2.55. The van der Waals surface area contributed by atoms with Gasteiger partial charge in [-0.1, -0.05) is 28.1 Å². The summed E-state index contributed by atoms with van der Waals surface area (Å²) in [6.07, 6.45) is 0. The topological polar surface area (TPSA) is 21.3 Å². The van der Waals surface area contributed by atoms with Gasteiger partial charge in [0.25, 0.3) is 0 Å². The van der Waals surface area contributed by atoms with Gasteiger partial charge >= 0.3 is 0 Å².